The van der Waals surface area contributed by atoms with Gasteiger partial charge in [-0.25, -0.2) is 9.36 Å². The molecule has 0 fully saturated rings. The zero-order valence-electron chi connectivity index (χ0n) is 12.4. The molecule has 0 saturated heterocycles. The summed E-state index contributed by atoms with van der Waals surface area (Å²) >= 11 is 0. The second-order valence-corrected chi connectivity index (χ2v) is 5.49. The molecular weight excluding hydrogens is 317 g/mol. The molecule has 2 rings (SSSR count). The predicted molar refractivity (Wildman–Crippen MR) is 86.7 cm³/mol. The number of para-hydroxylation sites is 1. The molecule has 0 saturated carbocycles. The third kappa shape index (κ3) is 7.00. The molecule has 1 amide bonds. The molecule has 0 radical (unpaired) electrons. The molecule has 2 aromatic carbocycles. The minimum Gasteiger partial charge on any atom is -0.445 e. The van der Waals surface area contributed by atoms with Crippen LogP contribution in [0.2, 0.25) is 0 Å². The number of carbonyl (C=O) groups is 1. The number of alkyl carbamates (subject to hydrolysis) is 1. The molecule has 6 nitrogen and oxygen atoms in total. The van der Waals surface area contributed by atoms with E-state index in [0.29, 0.717) is 5.75 Å². The van der Waals surface area contributed by atoms with Crippen LogP contribution in [0.15, 0.2) is 60.7 Å². The van der Waals surface area contributed by atoms with E-state index >= 15 is 0 Å². The number of carbonyl (C=O) groups excluding carboxylic acids is 1. The van der Waals surface area contributed by atoms with Gasteiger partial charge in [0.2, 0.25) is 0 Å². The summed E-state index contributed by atoms with van der Waals surface area (Å²) in [4.78, 5) is 11.5. The fourth-order valence-corrected chi connectivity index (χ4v) is 2.33. The summed E-state index contributed by atoms with van der Waals surface area (Å²) in [5.74, 6) is 0.478. The Labute approximate surface area is 135 Å². The van der Waals surface area contributed by atoms with Crippen molar-refractivity contribution in [2.24, 2.45) is 0 Å². The van der Waals surface area contributed by atoms with Crippen LogP contribution in [0.3, 0.4) is 0 Å². The Kier molecular flexibility index (Phi) is 7.17. The Morgan fingerprint density at radius 3 is 2.35 bits per heavy atom. The van der Waals surface area contributed by atoms with E-state index in [1.807, 2.05) is 36.4 Å². The van der Waals surface area contributed by atoms with Gasteiger partial charge >= 0.3 is 14.3 Å². The van der Waals surface area contributed by atoms with Gasteiger partial charge in [0.15, 0.2) is 0 Å². The summed E-state index contributed by atoms with van der Waals surface area (Å²) in [5, 5.41) is 2.51. The van der Waals surface area contributed by atoms with Gasteiger partial charge in [0.25, 0.3) is 0 Å². The quantitative estimate of drug-likeness (QED) is 0.591. The fraction of sp³-hybridized carbons (Fsp3) is 0.188. The van der Waals surface area contributed by atoms with Gasteiger partial charge in [-0.3, -0.25) is 4.52 Å². The summed E-state index contributed by atoms with van der Waals surface area (Å²) in [6.07, 6.45) is -0.555. The molecule has 0 aliphatic rings. The molecule has 0 aliphatic carbocycles. The van der Waals surface area contributed by atoms with E-state index in [2.05, 4.69) is 5.32 Å². The van der Waals surface area contributed by atoms with Gasteiger partial charge in [-0.2, -0.15) is 0 Å². The van der Waals surface area contributed by atoms with E-state index in [1.54, 1.807) is 24.3 Å². The highest BCUT2D eigenvalue weighted by Crippen LogP contribution is 2.26. The highest BCUT2D eigenvalue weighted by molar-refractivity contribution is 7.33. The van der Waals surface area contributed by atoms with Gasteiger partial charge in [-0.05, 0) is 17.7 Å². The monoisotopic (exact) mass is 335 g/mol. The maximum atomic E-state index is 11.6. The maximum absolute atomic E-state index is 11.6. The number of hydrogen-bond donors (Lipinski definition) is 1. The van der Waals surface area contributed by atoms with Gasteiger partial charge in [0.05, 0.1) is 6.61 Å². The lowest BCUT2D eigenvalue weighted by Gasteiger charge is -2.08. The minimum atomic E-state index is -2.64. The molecule has 2 aromatic rings. The number of nitrogens with one attached hydrogen (secondary N) is 1. The molecule has 1 unspecified atom stereocenters. The topological polar surface area (TPSA) is 73.9 Å². The van der Waals surface area contributed by atoms with Crippen LogP contribution in [0, 0.1) is 0 Å². The van der Waals surface area contributed by atoms with E-state index in [9.17, 15) is 9.36 Å². The van der Waals surface area contributed by atoms with Crippen LogP contribution < -0.4 is 9.84 Å². The Morgan fingerprint density at radius 2 is 1.65 bits per heavy atom. The molecule has 0 bridgehead atoms. The largest absolute Gasteiger partial charge is 0.445 e. The number of rotatable bonds is 8. The molecule has 0 heterocycles. The fourth-order valence-electron chi connectivity index (χ4n) is 1.68. The first-order chi connectivity index (χ1) is 11.2. The number of benzene rings is 2. The molecule has 0 spiro atoms. The van der Waals surface area contributed by atoms with E-state index in [1.165, 1.54) is 0 Å². The standard InChI is InChI=1S/C16H18NO5P/c18-16(20-13-14-7-3-1-4-8-14)17-11-12-21-23(19)22-15-9-5-2-6-10-15/h1-10,23H,11-13H2,(H,17,18). The molecule has 1 atom stereocenters. The van der Waals surface area contributed by atoms with E-state index in [0.717, 1.165) is 5.56 Å². The van der Waals surface area contributed by atoms with Gasteiger partial charge in [-0.15, -0.1) is 0 Å². The Bertz CT molecular complexity index is 621. The average Bonchev–Trinajstić information content (AvgIpc) is 2.59. The first kappa shape index (κ1) is 17.1. The lowest BCUT2D eigenvalue weighted by Crippen LogP contribution is -2.27. The molecule has 7 heteroatoms. The maximum Gasteiger partial charge on any atom is 0.407 e. The minimum absolute atomic E-state index is 0.0745. The van der Waals surface area contributed by atoms with Crippen molar-refractivity contribution in [3.63, 3.8) is 0 Å². The second-order valence-electron chi connectivity index (χ2n) is 4.50. The Balaban J connectivity index is 1.56. The van der Waals surface area contributed by atoms with Crippen LogP contribution in [0.4, 0.5) is 4.79 Å². The lowest BCUT2D eigenvalue weighted by molar-refractivity contribution is 0.137. The van der Waals surface area contributed by atoms with E-state index < -0.39 is 14.3 Å². The summed E-state index contributed by atoms with van der Waals surface area (Å²) in [6.45, 7) is 0.453. The summed E-state index contributed by atoms with van der Waals surface area (Å²) < 4.78 is 26.7. The number of amides is 1. The number of hydrogen-bond acceptors (Lipinski definition) is 5. The van der Waals surface area contributed by atoms with E-state index in [4.69, 9.17) is 13.8 Å². The molecule has 0 aliphatic heterocycles. The molecule has 23 heavy (non-hydrogen) atoms. The number of ether oxygens (including phenoxy) is 1. The van der Waals surface area contributed by atoms with Crippen LogP contribution in [-0.2, 0) is 20.4 Å². The molecule has 122 valence electrons. The summed E-state index contributed by atoms with van der Waals surface area (Å²) in [5.41, 5.74) is 0.903. The molecule has 1 N–H and O–H groups in total. The lowest BCUT2D eigenvalue weighted by atomic mass is 10.2. The smallest absolute Gasteiger partial charge is 0.407 e. The first-order valence-corrected chi connectivity index (χ1v) is 8.31. The van der Waals surface area contributed by atoms with Crippen molar-refractivity contribution in [1.29, 1.82) is 0 Å². The zero-order chi connectivity index (χ0) is 16.3. The van der Waals surface area contributed by atoms with Gasteiger partial charge in [0, 0.05) is 6.54 Å². The van der Waals surface area contributed by atoms with Crippen LogP contribution in [0.25, 0.3) is 0 Å². The van der Waals surface area contributed by atoms with Crippen molar-refractivity contribution in [1.82, 2.24) is 5.32 Å². The normalized spacial score (nSPS) is 11.5. The van der Waals surface area contributed by atoms with Crippen LogP contribution in [0.1, 0.15) is 5.56 Å². The highest BCUT2D eigenvalue weighted by atomic mass is 31.1. The average molecular weight is 335 g/mol. The molecule has 0 aromatic heterocycles. The third-order valence-corrected chi connectivity index (χ3v) is 3.59. The van der Waals surface area contributed by atoms with Crippen molar-refractivity contribution in [2.45, 2.75) is 6.61 Å². The van der Waals surface area contributed by atoms with Crippen LogP contribution >= 0.6 is 8.25 Å². The van der Waals surface area contributed by atoms with Crippen LogP contribution in [0.5, 0.6) is 5.75 Å². The van der Waals surface area contributed by atoms with Gasteiger partial charge < -0.3 is 14.6 Å². The van der Waals surface area contributed by atoms with Crippen LogP contribution in [-0.4, -0.2) is 19.2 Å². The van der Waals surface area contributed by atoms with Gasteiger partial charge in [0.1, 0.15) is 12.4 Å². The van der Waals surface area contributed by atoms with Crippen molar-refractivity contribution in [2.75, 3.05) is 13.2 Å². The van der Waals surface area contributed by atoms with Gasteiger partial charge in [-0.1, -0.05) is 48.5 Å². The molecular formula is C16H18NO5P. The second kappa shape index (κ2) is 9.66. The Morgan fingerprint density at radius 1 is 1.00 bits per heavy atom. The third-order valence-electron chi connectivity index (χ3n) is 2.75. The van der Waals surface area contributed by atoms with E-state index in [-0.39, 0.29) is 19.8 Å². The van der Waals surface area contributed by atoms with Crippen molar-refractivity contribution in [3.05, 3.63) is 66.2 Å². The first-order valence-electron chi connectivity index (χ1n) is 7.08. The van der Waals surface area contributed by atoms with Crippen molar-refractivity contribution >= 4 is 14.3 Å². The van der Waals surface area contributed by atoms with Crippen molar-refractivity contribution in [3.8, 4) is 5.75 Å². The van der Waals surface area contributed by atoms with Crippen molar-refractivity contribution < 1.29 is 23.1 Å². The zero-order valence-corrected chi connectivity index (χ0v) is 13.4. The summed E-state index contributed by atoms with van der Waals surface area (Å²) in [6, 6.07) is 18.1. The Hall–Kier alpha value is -2.30. The SMILES string of the molecule is O=C(NCCO[PH](=O)Oc1ccccc1)OCc1ccccc1. The predicted octanol–water partition coefficient (Wildman–Crippen LogP) is 3.40. The summed E-state index contributed by atoms with van der Waals surface area (Å²) in [7, 11) is -2.64. The highest BCUT2D eigenvalue weighted by Gasteiger charge is 2.04.